The van der Waals surface area contributed by atoms with Crippen LogP contribution in [-0.2, 0) is 9.53 Å². The van der Waals surface area contributed by atoms with Gasteiger partial charge in [-0.3, -0.25) is 4.79 Å². The Balaban J connectivity index is 2.56. The highest BCUT2D eigenvalue weighted by molar-refractivity contribution is 5.90. The smallest absolute Gasteiger partial charge is 0.321 e. The normalized spacial score (nSPS) is 11.5. The van der Waals surface area contributed by atoms with Crippen molar-refractivity contribution in [1.29, 1.82) is 0 Å². The standard InChI is InChI=1S/C13H19N3O3/c1-9(12(17)19-3)8-16(2)13(18)15-11-6-4-5-10(14)7-11/h4-7,9H,8,14H2,1-3H3,(H,15,18). The fourth-order valence-electron chi connectivity index (χ4n) is 1.60. The molecule has 1 aromatic rings. The third kappa shape index (κ3) is 4.50. The maximum absolute atomic E-state index is 11.9. The summed E-state index contributed by atoms with van der Waals surface area (Å²) >= 11 is 0. The molecule has 1 aromatic carbocycles. The van der Waals surface area contributed by atoms with E-state index in [9.17, 15) is 9.59 Å². The molecule has 0 heterocycles. The highest BCUT2D eigenvalue weighted by Crippen LogP contribution is 2.12. The van der Waals surface area contributed by atoms with Crippen molar-refractivity contribution < 1.29 is 14.3 Å². The van der Waals surface area contributed by atoms with E-state index in [2.05, 4.69) is 10.1 Å². The summed E-state index contributed by atoms with van der Waals surface area (Å²) in [6.45, 7) is 1.98. The molecule has 0 saturated heterocycles. The first-order valence-corrected chi connectivity index (χ1v) is 5.89. The van der Waals surface area contributed by atoms with Crippen molar-refractivity contribution in [3.63, 3.8) is 0 Å². The lowest BCUT2D eigenvalue weighted by molar-refractivity contribution is -0.145. The van der Waals surface area contributed by atoms with Gasteiger partial charge in [0.15, 0.2) is 0 Å². The molecule has 6 nitrogen and oxygen atoms in total. The van der Waals surface area contributed by atoms with Crippen LogP contribution in [0.15, 0.2) is 24.3 Å². The van der Waals surface area contributed by atoms with Gasteiger partial charge in [0.1, 0.15) is 0 Å². The molecule has 1 atom stereocenters. The van der Waals surface area contributed by atoms with Crippen molar-refractivity contribution in [3.8, 4) is 0 Å². The topological polar surface area (TPSA) is 84.7 Å². The summed E-state index contributed by atoms with van der Waals surface area (Å²) in [5.74, 6) is -0.717. The molecule has 1 rings (SSSR count). The molecular weight excluding hydrogens is 246 g/mol. The van der Waals surface area contributed by atoms with Crippen molar-refractivity contribution in [2.45, 2.75) is 6.92 Å². The summed E-state index contributed by atoms with van der Waals surface area (Å²) in [4.78, 5) is 24.6. The number of amides is 2. The van der Waals surface area contributed by atoms with Gasteiger partial charge < -0.3 is 20.7 Å². The van der Waals surface area contributed by atoms with E-state index in [4.69, 9.17) is 5.73 Å². The van der Waals surface area contributed by atoms with Crippen LogP contribution >= 0.6 is 0 Å². The third-order valence-electron chi connectivity index (χ3n) is 2.64. The fraction of sp³-hybridized carbons (Fsp3) is 0.385. The van der Waals surface area contributed by atoms with E-state index in [0.717, 1.165) is 0 Å². The molecule has 0 bridgehead atoms. The molecule has 0 saturated carbocycles. The third-order valence-corrected chi connectivity index (χ3v) is 2.64. The van der Waals surface area contributed by atoms with Gasteiger partial charge in [0.05, 0.1) is 13.0 Å². The number of esters is 1. The van der Waals surface area contributed by atoms with Crippen molar-refractivity contribution in [2.75, 3.05) is 31.8 Å². The zero-order valence-electron chi connectivity index (χ0n) is 11.3. The van der Waals surface area contributed by atoms with E-state index < -0.39 is 0 Å². The van der Waals surface area contributed by atoms with Crippen LogP contribution in [0.4, 0.5) is 16.2 Å². The summed E-state index contributed by atoms with van der Waals surface area (Å²) in [6, 6.07) is 6.59. The molecule has 0 spiro atoms. The summed E-state index contributed by atoms with van der Waals surface area (Å²) in [6.07, 6.45) is 0. The van der Waals surface area contributed by atoms with Gasteiger partial charge in [0.25, 0.3) is 0 Å². The number of anilines is 2. The predicted molar refractivity (Wildman–Crippen MR) is 73.7 cm³/mol. The molecule has 1 unspecified atom stereocenters. The number of rotatable bonds is 4. The van der Waals surface area contributed by atoms with Crippen LogP contribution in [0.3, 0.4) is 0 Å². The number of nitrogens with two attached hydrogens (primary N) is 1. The number of hydrogen-bond donors (Lipinski definition) is 2. The van der Waals surface area contributed by atoms with E-state index >= 15 is 0 Å². The lowest BCUT2D eigenvalue weighted by Crippen LogP contribution is -2.37. The van der Waals surface area contributed by atoms with Gasteiger partial charge in [0, 0.05) is 25.0 Å². The summed E-state index contributed by atoms with van der Waals surface area (Å²) < 4.78 is 4.61. The number of nitrogens with zero attached hydrogens (tertiary/aromatic N) is 1. The first kappa shape index (κ1) is 14.8. The number of carbonyl (C=O) groups excluding carboxylic acids is 2. The monoisotopic (exact) mass is 265 g/mol. The summed E-state index contributed by atoms with van der Waals surface area (Å²) in [5, 5.41) is 2.70. The molecule has 19 heavy (non-hydrogen) atoms. The minimum absolute atomic E-state index is 0.279. The Morgan fingerprint density at radius 2 is 2.16 bits per heavy atom. The fourth-order valence-corrected chi connectivity index (χ4v) is 1.60. The van der Waals surface area contributed by atoms with Crippen molar-refractivity contribution >= 4 is 23.4 Å². The maximum Gasteiger partial charge on any atom is 0.321 e. The summed E-state index contributed by atoms with van der Waals surface area (Å²) in [7, 11) is 2.94. The molecule has 0 aliphatic heterocycles. The Kier molecular flexibility index (Phi) is 5.17. The number of benzene rings is 1. The predicted octanol–water partition coefficient (Wildman–Crippen LogP) is 1.54. The van der Waals surface area contributed by atoms with Crippen LogP contribution in [0.5, 0.6) is 0 Å². The SMILES string of the molecule is COC(=O)C(C)CN(C)C(=O)Nc1cccc(N)c1. The molecular formula is C13H19N3O3. The second-order valence-corrected chi connectivity index (χ2v) is 4.36. The molecule has 0 fully saturated rings. The first-order chi connectivity index (χ1) is 8.93. The Hall–Kier alpha value is -2.24. The zero-order chi connectivity index (χ0) is 14.4. The van der Waals surface area contributed by atoms with Crippen LogP contribution in [0.2, 0.25) is 0 Å². The van der Waals surface area contributed by atoms with Gasteiger partial charge in [-0.25, -0.2) is 4.79 Å². The molecule has 0 aliphatic rings. The van der Waals surface area contributed by atoms with Crippen LogP contribution in [0.1, 0.15) is 6.92 Å². The number of urea groups is 1. The Morgan fingerprint density at radius 3 is 2.74 bits per heavy atom. The van der Waals surface area contributed by atoms with Crippen molar-refractivity contribution in [2.24, 2.45) is 5.92 Å². The number of nitrogen functional groups attached to an aromatic ring is 1. The van der Waals surface area contributed by atoms with Crippen LogP contribution in [0.25, 0.3) is 0 Å². The van der Waals surface area contributed by atoms with Gasteiger partial charge in [-0.1, -0.05) is 13.0 Å². The minimum atomic E-state index is -0.374. The van der Waals surface area contributed by atoms with Crippen LogP contribution in [-0.4, -0.2) is 37.6 Å². The first-order valence-electron chi connectivity index (χ1n) is 5.89. The van der Waals surface area contributed by atoms with Gasteiger partial charge in [-0.05, 0) is 18.2 Å². The van der Waals surface area contributed by atoms with Gasteiger partial charge in [0.2, 0.25) is 0 Å². The van der Waals surface area contributed by atoms with E-state index in [1.807, 2.05) is 0 Å². The van der Waals surface area contributed by atoms with Crippen molar-refractivity contribution in [1.82, 2.24) is 4.90 Å². The minimum Gasteiger partial charge on any atom is -0.469 e. The van der Waals surface area contributed by atoms with Crippen molar-refractivity contribution in [3.05, 3.63) is 24.3 Å². The Bertz CT molecular complexity index is 462. The van der Waals surface area contributed by atoms with E-state index in [1.165, 1.54) is 12.0 Å². The second kappa shape index (κ2) is 6.63. The summed E-state index contributed by atoms with van der Waals surface area (Å²) in [5.41, 5.74) is 6.81. The molecule has 0 aromatic heterocycles. The molecule has 3 N–H and O–H groups in total. The van der Waals surface area contributed by atoms with E-state index in [1.54, 1.807) is 38.2 Å². The van der Waals surface area contributed by atoms with E-state index in [-0.39, 0.29) is 24.5 Å². The number of ether oxygens (including phenoxy) is 1. The molecule has 2 amide bonds. The molecule has 104 valence electrons. The van der Waals surface area contributed by atoms with Gasteiger partial charge >= 0.3 is 12.0 Å². The molecule has 0 aliphatic carbocycles. The van der Waals surface area contributed by atoms with Crippen LogP contribution < -0.4 is 11.1 Å². The highest BCUT2D eigenvalue weighted by Gasteiger charge is 2.18. The average Bonchev–Trinajstić information content (AvgIpc) is 2.37. The van der Waals surface area contributed by atoms with Gasteiger partial charge in [-0.2, -0.15) is 0 Å². The van der Waals surface area contributed by atoms with E-state index in [0.29, 0.717) is 11.4 Å². The highest BCUT2D eigenvalue weighted by atomic mass is 16.5. The number of carbonyl (C=O) groups is 2. The second-order valence-electron chi connectivity index (χ2n) is 4.36. The molecule has 0 radical (unpaired) electrons. The maximum atomic E-state index is 11.9. The quantitative estimate of drug-likeness (QED) is 0.639. The number of hydrogen-bond acceptors (Lipinski definition) is 4. The lowest BCUT2D eigenvalue weighted by Gasteiger charge is -2.20. The Labute approximate surface area is 112 Å². The molecule has 6 heteroatoms. The largest absolute Gasteiger partial charge is 0.469 e. The average molecular weight is 265 g/mol. The zero-order valence-corrected chi connectivity index (χ0v) is 11.3. The number of methoxy groups -OCH3 is 1. The van der Waals surface area contributed by atoms with Gasteiger partial charge in [-0.15, -0.1) is 0 Å². The Morgan fingerprint density at radius 1 is 1.47 bits per heavy atom. The van der Waals surface area contributed by atoms with Crippen LogP contribution in [0, 0.1) is 5.92 Å². The lowest BCUT2D eigenvalue weighted by atomic mass is 10.2. The number of nitrogens with one attached hydrogen (secondary N) is 1.